The molecule has 0 saturated heterocycles. The third kappa shape index (κ3) is 6.95. The molecule has 0 saturated carbocycles. The number of carbonyl (C=O) groups excluding carboxylic acids is 1. The summed E-state index contributed by atoms with van der Waals surface area (Å²) in [5.41, 5.74) is 0.253. The molecule has 0 fully saturated rings. The molecule has 0 radical (unpaired) electrons. The zero-order chi connectivity index (χ0) is 14.7. The topological polar surface area (TPSA) is 69.0 Å². The maximum atomic E-state index is 11.5. The number of rotatable bonds is 4. The van der Waals surface area contributed by atoms with Crippen molar-refractivity contribution in [3.05, 3.63) is 11.9 Å². The summed E-state index contributed by atoms with van der Waals surface area (Å²) < 4.78 is 6.99. The van der Waals surface area contributed by atoms with Gasteiger partial charge in [-0.15, -0.1) is 5.10 Å². The van der Waals surface area contributed by atoms with Crippen molar-refractivity contribution in [1.29, 1.82) is 0 Å². The highest BCUT2D eigenvalue weighted by Gasteiger charge is 2.17. The van der Waals surface area contributed by atoms with Crippen LogP contribution in [0.15, 0.2) is 6.20 Å². The summed E-state index contributed by atoms with van der Waals surface area (Å²) in [6.07, 6.45) is 2.36. The molecule has 1 aromatic rings. The second-order valence-electron chi connectivity index (χ2n) is 6.82. The van der Waals surface area contributed by atoms with Gasteiger partial charge >= 0.3 is 6.09 Å². The van der Waals surface area contributed by atoms with E-state index >= 15 is 0 Å². The predicted molar refractivity (Wildman–Crippen MR) is 76.4 cm³/mol. The summed E-state index contributed by atoms with van der Waals surface area (Å²) in [6.45, 7) is 12.6. The van der Waals surface area contributed by atoms with E-state index in [1.165, 1.54) is 0 Å². The Bertz CT molecular complexity index is 432. The Kier molecular flexibility index (Phi) is 4.73. The van der Waals surface area contributed by atoms with Gasteiger partial charge in [0, 0.05) is 12.4 Å². The summed E-state index contributed by atoms with van der Waals surface area (Å²) in [4.78, 5) is 11.5. The number of hydrogen-bond acceptors (Lipinski definition) is 4. The van der Waals surface area contributed by atoms with Crippen molar-refractivity contribution in [2.75, 3.05) is 0 Å². The van der Waals surface area contributed by atoms with Gasteiger partial charge in [0.05, 0.1) is 14.6 Å². The molecule has 0 spiro atoms. The van der Waals surface area contributed by atoms with Crippen molar-refractivity contribution in [2.45, 2.75) is 58.7 Å². The van der Waals surface area contributed by atoms with E-state index in [4.69, 9.17) is 4.74 Å². The van der Waals surface area contributed by atoms with Crippen LogP contribution in [0.1, 0.15) is 26.5 Å². The summed E-state index contributed by atoms with van der Waals surface area (Å²) in [7, 11) is -1.21. The van der Waals surface area contributed by atoms with Gasteiger partial charge < -0.3 is 10.1 Å². The largest absolute Gasteiger partial charge is 0.444 e. The second-order valence-corrected chi connectivity index (χ2v) is 12.3. The Labute approximate surface area is 115 Å². The van der Waals surface area contributed by atoms with E-state index in [0.717, 1.165) is 11.9 Å². The van der Waals surface area contributed by atoms with Crippen LogP contribution < -0.4 is 5.32 Å². The van der Waals surface area contributed by atoms with E-state index in [1.807, 2.05) is 31.6 Å². The van der Waals surface area contributed by atoms with Crippen molar-refractivity contribution in [3.63, 3.8) is 0 Å². The average Bonchev–Trinajstić information content (AvgIpc) is 2.57. The van der Waals surface area contributed by atoms with E-state index in [0.29, 0.717) is 6.54 Å². The molecule has 7 heteroatoms. The van der Waals surface area contributed by atoms with Crippen molar-refractivity contribution in [3.8, 4) is 0 Å². The zero-order valence-electron chi connectivity index (χ0n) is 12.6. The lowest BCUT2D eigenvalue weighted by molar-refractivity contribution is 0.0523. The first kappa shape index (κ1) is 15.7. The van der Waals surface area contributed by atoms with Crippen molar-refractivity contribution < 1.29 is 9.53 Å². The van der Waals surface area contributed by atoms with E-state index in [2.05, 4.69) is 35.3 Å². The molecule has 0 aromatic carbocycles. The molecule has 0 aliphatic carbocycles. The molecule has 19 heavy (non-hydrogen) atoms. The fraction of sp³-hybridized carbons (Fsp3) is 0.750. The molecule has 1 heterocycles. The van der Waals surface area contributed by atoms with Gasteiger partial charge in [-0.1, -0.05) is 24.9 Å². The van der Waals surface area contributed by atoms with Crippen LogP contribution >= 0.6 is 0 Å². The molecule has 6 nitrogen and oxygen atoms in total. The van der Waals surface area contributed by atoms with Crippen molar-refractivity contribution in [2.24, 2.45) is 0 Å². The van der Waals surface area contributed by atoms with Crippen LogP contribution in [-0.4, -0.2) is 34.8 Å². The molecular weight excluding hydrogens is 260 g/mol. The molecule has 0 unspecified atom stereocenters. The Morgan fingerprint density at radius 3 is 2.58 bits per heavy atom. The fourth-order valence-corrected chi connectivity index (χ4v) is 2.59. The first-order chi connectivity index (χ1) is 8.55. The molecule has 1 N–H and O–H groups in total. The van der Waals surface area contributed by atoms with E-state index in [-0.39, 0.29) is 0 Å². The lowest BCUT2D eigenvalue weighted by Crippen LogP contribution is -2.32. The van der Waals surface area contributed by atoms with Crippen LogP contribution in [0.4, 0.5) is 4.79 Å². The van der Waals surface area contributed by atoms with Crippen LogP contribution in [0.3, 0.4) is 0 Å². The minimum Gasteiger partial charge on any atom is -0.444 e. The average molecular weight is 284 g/mol. The number of nitrogens with one attached hydrogen (secondary N) is 1. The van der Waals surface area contributed by atoms with Gasteiger partial charge in [-0.2, -0.15) is 0 Å². The lowest BCUT2D eigenvalue weighted by Gasteiger charge is -2.19. The van der Waals surface area contributed by atoms with Gasteiger partial charge in [0.25, 0.3) is 0 Å². The molecule has 1 amide bonds. The van der Waals surface area contributed by atoms with Gasteiger partial charge in [0.2, 0.25) is 0 Å². The molecule has 1 aromatic heterocycles. The number of nitrogens with zero attached hydrogens (tertiary/aromatic N) is 3. The summed E-state index contributed by atoms with van der Waals surface area (Å²) in [5, 5.41) is 10.8. The maximum Gasteiger partial charge on any atom is 0.407 e. The number of ether oxygens (including phenoxy) is 1. The molecule has 0 bridgehead atoms. The first-order valence-electron chi connectivity index (χ1n) is 6.41. The molecular formula is C12H24N4O2Si. The number of amides is 1. The number of aromatic nitrogens is 3. The minimum absolute atomic E-state index is 0.334. The number of hydrogen-bond donors (Lipinski definition) is 1. The Morgan fingerprint density at radius 1 is 1.42 bits per heavy atom. The van der Waals surface area contributed by atoms with Crippen LogP contribution in [0.2, 0.25) is 19.6 Å². The van der Waals surface area contributed by atoms with Crippen molar-refractivity contribution >= 4 is 14.2 Å². The highest BCUT2D eigenvalue weighted by atomic mass is 28.3. The van der Waals surface area contributed by atoms with Gasteiger partial charge in [0.15, 0.2) is 0 Å². The summed E-state index contributed by atoms with van der Waals surface area (Å²) >= 11 is 0. The molecule has 0 aliphatic heterocycles. The predicted octanol–water partition coefficient (Wildman–Crippen LogP) is 2.18. The quantitative estimate of drug-likeness (QED) is 0.860. The van der Waals surface area contributed by atoms with E-state index in [1.54, 1.807) is 0 Å². The number of carbonyl (C=O) groups is 1. The molecule has 108 valence electrons. The standard InChI is InChI=1S/C12H24N4O2Si/c1-12(2,3)18-11(17)13-7-10-8-16(15-14-10)9-19(4,5)6/h8H,7,9H2,1-6H3,(H,13,17). The summed E-state index contributed by atoms with van der Waals surface area (Å²) in [6, 6.07) is 0. The highest BCUT2D eigenvalue weighted by molar-refractivity contribution is 6.74. The van der Waals surface area contributed by atoms with Gasteiger partial charge in [-0.05, 0) is 20.8 Å². The fourth-order valence-electron chi connectivity index (χ4n) is 1.46. The van der Waals surface area contributed by atoms with Gasteiger partial charge in [-0.25, -0.2) is 4.79 Å². The second kappa shape index (κ2) is 5.73. The lowest BCUT2D eigenvalue weighted by atomic mass is 10.2. The SMILES string of the molecule is CC(C)(C)OC(=O)NCc1cn(C[Si](C)(C)C)nn1. The Hall–Kier alpha value is -1.37. The normalized spacial score (nSPS) is 12.3. The summed E-state index contributed by atoms with van der Waals surface area (Å²) in [5.74, 6) is 0. The van der Waals surface area contributed by atoms with E-state index < -0.39 is 19.8 Å². The van der Waals surface area contributed by atoms with Gasteiger partial charge in [0.1, 0.15) is 11.3 Å². The monoisotopic (exact) mass is 284 g/mol. The Balaban J connectivity index is 2.44. The maximum absolute atomic E-state index is 11.5. The molecule has 0 atom stereocenters. The highest BCUT2D eigenvalue weighted by Crippen LogP contribution is 2.07. The molecule has 0 aliphatic rings. The zero-order valence-corrected chi connectivity index (χ0v) is 13.6. The smallest absolute Gasteiger partial charge is 0.407 e. The van der Waals surface area contributed by atoms with Gasteiger partial charge in [-0.3, -0.25) is 4.68 Å². The Morgan fingerprint density at radius 2 is 2.05 bits per heavy atom. The molecule has 1 rings (SSSR count). The first-order valence-corrected chi connectivity index (χ1v) is 10.1. The van der Waals surface area contributed by atoms with Crippen molar-refractivity contribution in [1.82, 2.24) is 20.3 Å². The van der Waals surface area contributed by atoms with Crippen LogP contribution in [0.25, 0.3) is 0 Å². The van der Waals surface area contributed by atoms with Crippen LogP contribution in [0, 0.1) is 0 Å². The number of alkyl carbamates (subject to hydrolysis) is 1. The third-order valence-electron chi connectivity index (χ3n) is 2.04. The van der Waals surface area contributed by atoms with Crippen LogP contribution in [-0.2, 0) is 17.4 Å². The minimum atomic E-state index is -1.21. The third-order valence-corrected chi connectivity index (χ3v) is 3.31. The van der Waals surface area contributed by atoms with E-state index in [9.17, 15) is 4.79 Å². The van der Waals surface area contributed by atoms with Crippen LogP contribution in [0.5, 0.6) is 0 Å².